The Morgan fingerprint density at radius 1 is 1.35 bits per heavy atom. The minimum atomic E-state index is -0.463. The first-order valence-electron chi connectivity index (χ1n) is 5.23. The van der Waals surface area contributed by atoms with Crippen molar-refractivity contribution in [2.75, 3.05) is 7.11 Å². The number of hydrogen-bond acceptors (Lipinski definition) is 3. The largest absolute Gasteiger partial charge is 0.508 e. The molecule has 3 N–H and O–H groups in total. The van der Waals surface area contributed by atoms with Crippen LogP contribution >= 0.6 is 0 Å². The number of benzene rings is 1. The lowest BCUT2D eigenvalue weighted by molar-refractivity contribution is 0.210. The number of rotatable bonds is 2. The number of urea groups is 1. The van der Waals surface area contributed by atoms with E-state index in [4.69, 9.17) is 4.74 Å². The van der Waals surface area contributed by atoms with Crippen molar-refractivity contribution in [1.29, 1.82) is 0 Å². The highest BCUT2D eigenvalue weighted by molar-refractivity contribution is 5.78. The highest BCUT2D eigenvalue weighted by Crippen LogP contribution is 2.31. The van der Waals surface area contributed by atoms with E-state index in [1.807, 2.05) is 0 Å². The molecule has 2 rings (SSSR count). The maximum atomic E-state index is 11.4. The molecule has 1 atom stereocenters. The monoisotopic (exact) mass is 234 g/mol. The van der Waals surface area contributed by atoms with Crippen LogP contribution in [0.4, 0.5) is 4.79 Å². The molecule has 0 bridgehead atoms. The highest BCUT2D eigenvalue weighted by Gasteiger charge is 2.28. The van der Waals surface area contributed by atoms with E-state index in [0.29, 0.717) is 17.0 Å². The first-order valence-corrected chi connectivity index (χ1v) is 5.23. The van der Waals surface area contributed by atoms with Crippen LogP contribution in [0.15, 0.2) is 35.7 Å². The van der Waals surface area contributed by atoms with E-state index < -0.39 is 6.04 Å². The van der Waals surface area contributed by atoms with Gasteiger partial charge in [0.05, 0.1) is 12.8 Å². The fourth-order valence-electron chi connectivity index (χ4n) is 1.90. The van der Waals surface area contributed by atoms with E-state index in [0.717, 1.165) is 0 Å². The summed E-state index contributed by atoms with van der Waals surface area (Å²) in [5, 5.41) is 15.1. The van der Waals surface area contributed by atoms with Gasteiger partial charge in [-0.3, -0.25) is 0 Å². The van der Waals surface area contributed by atoms with Gasteiger partial charge in [-0.15, -0.1) is 0 Å². The molecular weight excluding hydrogens is 220 g/mol. The summed E-state index contributed by atoms with van der Waals surface area (Å²) in [6, 6.07) is 6.08. The molecule has 0 saturated heterocycles. The van der Waals surface area contributed by atoms with E-state index in [1.165, 1.54) is 7.11 Å². The number of allylic oxidation sites excluding steroid dienone is 1. The normalized spacial score (nSPS) is 19.6. The van der Waals surface area contributed by atoms with E-state index in [2.05, 4.69) is 10.6 Å². The van der Waals surface area contributed by atoms with Gasteiger partial charge in [-0.25, -0.2) is 4.79 Å². The molecule has 0 aromatic heterocycles. The second-order valence-corrected chi connectivity index (χ2v) is 3.78. The van der Waals surface area contributed by atoms with Gasteiger partial charge in [-0.1, -0.05) is 18.2 Å². The molecule has 17 heavy (non-hydrogen) atoms. The number of carbonyl (C=O) groups excluding carboxylic acids is 1. The molecule has 2 amide bonds. The third-order valence-electron chi connectivity index (χ3n) is 2.68. The number of para-hydroxylation sites is 1. The van der Waals surface area contributed by atoms with Gasteiger partial charge >= 0.3 is 6.03 Å². The Morgan fingerprint density at radius 3 is 2.71 bits per heavy atom. The Balaban J connectivity index is 2.47. The van der Waals surface area contributed by atoms with Crippen molar-refractivity contribution in [3.8, 4) is 5.75 Å². The van der Waals surface area contributed by atoms with Crippen molar-refractivity contribution >= 4 is 6.03 Å². The van der Waals surface area contributed by atoms with Crippen molar-refractivity contribution in [2.45, 2.75) is 13.0 Å². The molecule has 0 radical (unpaired) electrons. The summed E-state index contributed by atoms with van der Waals surface area (Å²) in [4.78, 5) is 11.4. The minimum absolute atomic E-state index is 0.127. The standard InChI is InChI=1S/C12H14N2O3/c1-7-11(17-2)10(14-12(16)13-7)8-5-3-4-6-9(8)15/h3-6,10,15H,1-2H3,(H2,13,14,16). The van der Waals surface area contributed by atoms with Gasteiger partial charge in [0.25, 0.3) is 0 Å². The average molecular weight is 234 g/mol. The molecular formula is C12H14N2O3. The number of methoxy groups -OCH3 is 1. The Hall–Kier alpha value is -2.17. The summed E-state index contributed by atoms with van der Waals surface area (Å²) in [6.07, 6.45) is 0. The number of aromatic hydroxyl groups is 1. The summed E-state index contributed by atoms with van der Waals surface area (Å²) in [7, 11) is 1.53. The molecule has 1 heterocycles. The SMILES string of the molecule is COC1=C(C)NC(=O)NC1c1ccccc1O. The summed E-state index contributed by atoms with van der Waals surface area (Å²) < 4.78 is 5.27. The predicted molar refractivity (Wildman–Crippen MR) is 62.2 cm³/mol. The average Bonchev–Trinajstić information content (AvgIpc) is 2.28. The van der Waals surface area contributed by atoms with Gasteiger partial charge in [0, 0.05) is 5.56 Å². The maximum Gasteiger partial charge on any atom is 0.319 e. The minimum Gasteiger partial charge on any atom is -0.508 e. The van der Waals surface area contributed by atoms with Crippen LogP contribution in [-0.4, -0.2) is 18.2 Å². The molecule has 1 aliphatic heterocycles. The van der Waals surface area contributed by atoms with E-state index in [1.54, 1.807) is 31.2 Å². The first kappa shape index (κ1) is 11.3. The smallest absolute Gasteiger partial charge is 0.319 e. The van der Waals surface area contributed by atoms with Crippen LogP contribution in [0.2, 0.25) is 0 Å². The third kappa shape index (κ3) is 2.04. The van der Waals surface area contributed by atoms with E-state index in [-0.39, 0.29) is 11.8 Å². The summed E-state index contributed by atoms with van der Waals surface area (Å²) in [5.74, 6) is 0.716. The molecule has 1 aromatic carbocycles. The molecule has 1 unspecified atom stereocenters. The van der Waals surface area contributed by atoms with Crippen LogP contribution in [-0.2, 0) is 4.74 Å². The molecule has 5 nitrogen and oxygen atoms in total. The number of ether oxygens (including phenoxy) is 1. The topological polar surface area (TPSA) is 70.6 Å². The van der Waals surface area contributed by atoms with Crippen molar-refractivity contribution in [2.24, 2.45) is 0 Å². The molecule has 1 aliphatic rings. The van der Waals surface area contributed by atoms with Gasteiger partial charge in [0.15, 0.2) is 0 Å². The molecule has 5 heteroatoms. The van der Waals surface area contributed by atoms with Crippen molar-refractivity contribution in [1.82, 2.24) is 10.6 Å². The lowest BCUT2D eigenvalue weighted by atomic mass is 10.0. The van der Waals surface area contributed by atoms with Gasteiger partial charge in [0.2, 0.25) is 0 Å². The predicted octanol–water partition coefficient (Wildman–Crippen LogP) is 1.62. The summed E-state index contributed by atoms with van der Waals surface area (Å²) >= 11 is 0. The number of phenolic OH excluding ortho intramolecular Hbond substituents is 1. The first-order chi connectivity index (χ1) is 8.13. The van der Waals surface area contributed by atoms with Gasteiger partial charge in [-0.05, 0) is 13.0 Å². The Morgan fingerprint density at radius 2 is 2.06 bits per heavy atom. The number of nitrogens with one attached hydrogen (secondary N) is 2. The van der Waals surface area contributed by atoms with Crippen LogP contribution in [0.25, 0.3) is 0 Å². The van der Waals surface area contributed by atoms with E-state index >= 15 is 0 Å². The maximum absolute atomic E-state index is 11.4. The van der Waals surface area contributed by atoms with E-state index in [9.17, 15) is 9.90 Å². The molecule has 0 aliphatic carbocycles. The quantitative estimate of drug-likeness (QED) is 0.728. The number of phenols is 1. The van der Waals surface area contributed by atoms with Crippen molar-refractivity contribution in [3.05, 3.63) is 41.3 Å². The van der Waals surface area contributed by atoms with Crippen molar-refractivity contribution < 1.29 is 14.6 Å². The molecule has 90 valence electrons. The van der Waals surface area contributed by atoms with Crippen LogP contribution in [0.5, 0.6) is 5.75 Å². The zero-order chi connectivity index (χ0) is 12.4. The Bertz CT molecular complexity index is 482. The number of carbonyl (C=O) groups is 1. The zero-order valence-corrected chi connectivity index (χ0v) is 9.65. The van der Waals surface area contributed by atoms with Crippen LogP contribution in [0, 0.1) is 0 Å². The summed E-state index contributed by atoms with van der Waals surface area (Å²) in [5.41, 5.74) is 1.25. The molecule has 0 spiro atoms. The lowest BCUT2D eigenvalue weighted by Crippen LogP contribution is -2.43. The fourth-order valence-corrected chi connectivity index (χ4v) is 1.90. The van der Waals surface area contributed by atoms with Crippen LogP contribution < -0.4 is 10.6 Å². The zero-order valence-electron chi connectivity index (χ0n) is 9.65. The van der Waals surface area contributed by atoms with Crippen LogP contribution in [0.1, 0.15) is 18.5 Å². The number of amides is 2. The summed E-state index contributed by atoms with van der Waals surface area (Å²) in [6.45, 7) is 1.75. The molecule has 1 aromatic rings. The van der Waals surface area contributed by atoms with Gasteiger partial charge in [0.1, 0.15) is 17.6 Å². The number of hydrogen-bond donors (Lipinski definition) is 3. The molecule has 0 fully saturated rings. The fraction of sp³-hybridized carbons (Fsp3) is 0.250. The second-order valence-electron chi connectivity index (χ2n) is 3.78. The Kier molecular flexibility index (Phi) is 2.91. The Labute approximate surface area is 99.1 Å². The lowest BCUT2D eigenvalue weighted by Gasteiger charge is -2.28. The highest BCUT2D eigenvalue weighted by atomic mass is 16.5. The third-order valence-corrected chi connectivity index (χ3v) is 2.68. The second kappa shape index (κ2) is 4.37. The molecule has 0 saturated carbocycles. The van der Waals surface area contributed by atoms with Crippen LogP contribution in [0.3, 0.4) is 0 Å². The van der Waals surface area contributed by atoms with Gasteiger partial charge < -0.3 is 20.5 Å². The van der Waals surface area contributed by atoms with Gasteiger partial charge in [-0.2, -0.15) is 0 Å². The van der Waals surface area contributed by atoms with Crippen molar-refractivity contribution in [3.63, 3.8) is 0 Å².